The molecule has 0 radical (unpaired) electrons. The van der Waals surface area contributed by atoms with Crippen LogP contribution in [0.5, 0.6) is 0 Å². The molecule has 0 bridgehead atoms. The molecule has 4 rings (SSSR count). The third-order valence-corrected chi connectivity index (χ3v) is 5.68. The highest BCUT2D eigenvalue weighted by molar-refractivity contribution is 5.95. The third kappa shape index (κ3) is 3.63. The lowest BCUT2D eigenvalue weighted by molar-refractivity contribution is -0.0362. The average Bonchev–Trinajstić information content (AvgIpc) is 3.13. The molecule has 2 aliphatic heterocycles. The molecule has 0 aliphatic carbocycles. The van der Waals surface area contributed by atoms with Crippen molar-refractivity contribution < 1.29 is 9.84 Å². The van der Waals surface area contributed by atoms with Crippen LogP contribution in [0.3, 0.4) is 0 Å². The Morgan fingerprint density at radius 3 is 3.04 bits per heavy atom. The number of anilines is 1. The van der Waals surface area contributed by atoms with Crippen LogP contribution < -0.4 is 4.90 Å². The van der Waals surface area contributed by atoms with E-state index < -0.39 is 0 Å². The zero-order chi connectivity index (χ0) is 18.8. The Kier molecular flexibility index (Phi) is 5.26. The molecule has 3 heterocycles. The maximum Gasteiger partial charge on any atom is 0.101 e. The molecule has 1 aromatic heterocycles. The van der Waals surface area contributed by atoms with Crippen LogP contribution in [0.15, 0.2) is 30.5 Å². The van der Waals surface area contributed by atoms with E-state index in [2.05, 4.69) is 27.8 Å². The van der Waals surface area contributed by atoms with Crippen LogP contribution in [-0.2, 0) is 4.74 Å². The van der Waals surface area contributed by atoms with Crippen molar-refractivity contribution in [2.75, 3.05) is 37.7 Å². The summed E-state index contributed by atoms with van der Waals surface area (Å²) in [6.07, 6.45) is 4.17. The van der Waals surface area contributed by atoms with Crippen LogP contribution in [0.4, 0.5) is 5.69 Å². The minimum absolute atomic E-state index is 0.100. The van der Waals surface area contributed by atoms with Crippen LogP contribution in [0, 0.1) is 11.3 Å². The minimum atomic E-state index is 0.100. The molecule has 0 spiro atoms. The zero-order valence-electron chi connectivity index (χ0n) is 15.7. The van der Waals surface area contributed by atoms with Crippen LogP contribution in [0.1, 0.15) is 25.3 Å². The number of nitrogens with zero attached hydrogens (tertiary/aromatic N) is 4. The summed E-state index contributed by atoms with van der Waals surface area (Å²) in [5.74, 6) is 0. The molecule has 0 amide bonds. The number of likely N-dealkylation sites (tertiary alicyclic amines) is 1. The topological polar surface area (TPSA) is 72.6 Å². The van der Waals surface area contributed by atoms with E-state index in [0.29, 0.717) is 5.56 Å². The summed E-state index contributed by atoms with van der Waals surface area (Å²) in [6, 6.07) is 10.4. The fourth-order valence-corrected chi connectivity index (χ4v) is 4.47. The van der Waals surface area contributed by atoms with Gasteiger partial charge in [-0.25, -0.2) is 0 Å². The highest BCUT2D eigenvalue weighted by atomic mass is 16.5. The maximum absolute atomic E-state index is 9.59. The summed E-state index contributed by atoms with van der Waals surface area (Å²) < 4.78 is 6.22. The van der Waals surface area contributed by atoms with Gasteiger partial charge in [-0.15, -0.1) is 0 Å². The Morgan fingerprint density at radius 1 is 1.33 bits per heavy atom. The van der Waals surface area contributed by atoms with E-state index in [4.69, 9.17) is 4.74 Å². The second-order valence-corrected chi connectivity index (χ2v) is 7.59. The first kappa shape index (κ1) is 18.2. The number of aliphatic hydroxyl groups is 1. The lowest BCUT2D eigenvalue weighted by Crippen LogP contribution is -2.51. The summed E-state index contributed by atoms with van der Waals surface area (Å²) in [5.41, 5.74) is 2.47. The SMILES string of the molecule is C[C@@H]1CN(c2ccc(C#N)c3ncccc23)C[C@H](CN2CCC[C@H]2CO)O1. The molecular weight excluding hydrogens is 340 g/mol. The van der Waals surface area contributed by atoms with Gasteiger partial charge in [-0.1, -0.05) is 0 Å². The Balaban J connectivity index is 1.59. The van der Waals surface area contributed by atoms with E-state index in [0.717, 1.165) is 55.6 Å². The number of rotatable bonds is 4. The number of pyridine rings is 1. The average molecular weight is 366 g/mol. The first-order chi connectivity index (χ1) is 13.2. The van der Waals surface area contributed by atoms with E-state index in [-0.39, 0.29) is 24.9 Å². The van der Waals surface area contributed by atoms with Gasteiger partial charge in [0, 0.05) is 42.9 Å². The molecule has 2 fully saturated rings. The lowest BCUT2D eigenvalue weighted by atomic mass is 10.1. The van der Waals surface area contributed by atoms with Gasteiger partial charge in [0.2, 0.25) is 0 Å². The Bertz CT molecular complexity index is 850. The van der Waals surface area contributed by atoms with Gasteiger partial charge in [0.05, 0.1) is 29.9 Å². The van der Waals surface area contributed by atoms with Gasteiger partial charge in [0.25, 0.3) is 0 Å². The fraction of sp³-hybridized carbons (Fsp3) is 0.524. The highest BCUT2D eigenvalue weighted by Gasteiger charge is 2.31. The molecule has 2 saturated heterocycles. The summed E-state index contributed by atoms with van der Waals surface area (Å²) in [5, 5.41) is 20.0. The van der Waals surface area contributed by atoms with Crippen molar-refractivity contribution in [3.05, 3.63) is 36.0 Å². The molecule has 0 saturated carbocycles. The van der Waals surface area contributed by atoms with Gasteiger partial charge < -0.3 is 14.7 Å². The van der Waals surface area contributed by atoms with Gasteiger partial charge in [0.15, 0.2) is 0 Å². The number of hydrogen-bond acceptors (Lipinski definition) is 6. The number of ether oxygens (including phenoxy) is 1. The lowest BCUT2D eigenvalue weighted by Gasteiger charge is -2.40. The summed E-state index contributed by atoms with van der Waals surface area (Å²) in [6.45, 7) is 5.82. The Morgan fingerprint density at radius 2 is 2.22 bits per heavy atom. The molecule has 1 N–H and O–H groups in total. The molecule has 2 aliphatic rings. The smallest absolute Gasteiger partial charge is 0.101 e. The maximum atomic E-state index is 9.59. The third-order valence-electron chi connectivity index (χ3n) is 5.68. The minimum Gasteiger partial charge on any atom is -0.395 e. The molecule has 142 valence electrons. The van der Waals surface area contributed by atoms with Crippen LogP contribution >= 0.6 is 0 Å². The van der Waals surface area contributed by atoms with E-state index in [1.165, 1.54) is 0 Å². The zero-order valence-corrected chi connectivity index (χ0v) is 15.7. The Hall–Kier alpha value is -2.20. The van der Waals surface area contributed by atoms with Gasteiger partial charge in [-0.05, 0) is 50.6 Å². The summed E-state index contributed by atoms with van der Waals surface area (Å²) >= 11 is 0. The van der Waals surface area contributed by atoms with Crippen molar-refractivity contribution in [3.63, 3.8) is 0 Å². The van der Waals surface area contributed by atoms with Gasteiger partial charge in [-0.3, -0.25) is 9.88 Å². The largest absolute Gasteiger partial charge is 0.395 e. The summed E-state index contributed by atoms with van der Waals surface area (Å²) in [7, 11) is 0. The molecule has 1 aromatic carbocycles. The van der Waals surface area contributed by atoms with Gasteiger partial charge in [-0.2, -0.15) is 5.26 Å². The fourth-order valence-electron chi connectivity index (χ4n) is 4.47. The van der Waals surface area contributed by atoms with Gasteiger partial charge >= 0.3 is 0 Å². The monoisotopic (exact) mass is 366 g/mol. The van der Waals surface area contributed by atoms with E-state index in [9.17, 15) is 10.4 Å². The van der Waals surface area contributed by atoms with Crippen molar-refractivity contribution in [2.24, 2.45) is 0 Å². The predicted molar refractivity (Wildman–Crippen MR) is 105 cm³/mol. The number of aliphatic hydroxyl groups excluding tert-OH is 1. The molecule has 27 heavy (non-hydrogen) atoms. The van der Waals surface area contributed by atoms with Crippen LogP contribution in [0.25, 0.3) is 10.9 Å². The second-order valence-electron chi connectivity index (χ2n) is 7.59. The molecule has 0 unspecified atom stereocenters. The van der Waals surface area contributed by atoms with Crippen molar-refractivity contribution in [1.29, 1.82) is 5.26 Å². The van der Waals surface area contributed by atoms with Crippen LogP contribution in [0.2, 0.25) is 0 Å². The first-order valence-corrected chi connectivity index (χ1v) is 9.72. The Labute approximate surface area is 160 Å². The standard InChI is InChI=1S/C21H26N4O2/c1-15-11-25(13-18(27-15)12-24-9-3-4-17(24)14-26)20-7-6-16(10-22)21-19(20)5-2-8-23-21/h2,5-8,15,17-18,26H,3-4,9,11-14H2,1H3/t15-,17+,18+/m1/s1. The normalized spacial score (nSPS) is 26.4. The molecular formula is C21H26N4O2. The number of benzene rings is 1. The molecule has 3 atom stereocenters. The van der Waals surface area contributed by atoms with Crippen molar-refractivity contribution in [3.8, 4) is 6.07 Å². The van der Waals surface area contributed by atoms with Gasteiger partial charge in [0.1, 0.15) is 6.07 Å². The summed E-state index contributed by atoms with van der Waals surface area (Å²) in [4.78, 5) is 9.15. The van der Waals surface area contributed by atoms with E-state index in [1.807, 2.05) is 24.3 Å². The van der Waals surface area contributed by atoms with Crippen molar-refractivity contribution in [2.45, 2.75) is 38.0 Å². The number of fused-ring (bicyclic) bond motifs is 1. The number of morpholine rings is 1. The highest BCUT2D eigenvalue weighted by Crippen LogP contribution is 2.30. The van der Waals surface area contributed by atoms with Crippen LogP contribution in [-0.4, -0.2) is 66.0 Å². The van der Waals surface area contributed by atoms with Crippen molar-refractivity contribution >= 4 is 16.6 Å². The van der Waals surface area contributed by atoms with Crippen molar-refractivity contribution in [1.82, 2.24) is 9.88 Å². The number of aromatic nitrogens is 1. The first-order valence-electron chi connectivity index (χ1n) is 9.72. The molecule has 6 nitrogen and oxygen atoms in total. The van der Waals surface area contributed by atoms with E-state index in [1.54, 1.807) is 6.20 Å². The second kappa shape index (κ2) is 7.81. The number of hydrogen-bond donors (Lipinski definition) is 1. The predicted octanol–water partition coefficient (Wildman–Crippen LogP) is 2.16. The molecule has 6 heteroatoms. The number of nitriles is 1. The quantitative estimate of drug-likeness (QED) is 0.894. The molecule has 2 aromatic rings. The van der Waals surface area contributed by atoms with E-state index >= 15 is 0 Å².